The summed E-state index contributed by atoms with van der Waals surface area (Å²) in [4.78, 5) is 10.5. The molecule has 1 saturated heterocycles. The highest BCUT2D eigenvalue weighted by Crippen LogP contribution is 2.49. The summed E-state index contributed by atoms with van der Waals surface area (Å²) in [6.45, 7) is 5.45. The minimum Gasteiger partial charge on any atom is -0.507 e. The molecule has 1 fully saturated rings. The first-order chi connectivity index (χ1) is 14.5. The van der Waals surface area contributed by atoms with Crippen molar-refractivity contribution in [2.75, 3.05) is 24.6 Å². The summed E-state index contributed by atoms with van der Waals surface area (Å²) in [5.41, 5.74) is 0.140. The number of benzene rings is 2. The second-order valence-electron chi connectivity index (χ2n) is 7.29. The summed E-state index contributed by atoms with van der Waals surface area (Å²) in [6.07, 6.45) is 1.92. The summed E-state index contributed by atoms with van der Waals surface area (Å²) < 4.78 is 36.2. The molecule has 0 saturated carbocycles. The van der Waals surface area contributed by atoms with Crippen LogP contribution < -0.4 is 15.0 Å². The lowest BCUT2D eigenvalue weighted by Crippen LogP contribution is -2.51. The number of rotatable bonds is 1. The molecule has 6 nitrogen and oxygen atoms in total. The van der Waals surface area contributed by atoms with Crippen molar-refractivity contribution in [1.82, 2.24) is 15.3 Å². The number of phenols is 1. The maximum Gasteiger partial charge on any atom is 0.159 e. The number of anilines is 1. The number of halogens is 3. The lowest BCUT2D eigenvalue weighted by atomic mass is 9.99. The molecule has 5 rings (SSSR count). The van der Waals surface area contributed by atoms with Gasteiger partial charge in [0.25, 0.3) is 0 Å². The quantitative estimate of drug-likeness (QED) is 0.608. The fourth-order valence-corrected chi connectivity index (χ4v) is 4.42. The van der Waals surface area contributed by atoms with Crippen molar-refractivity contribution >= 4 is 28.3 Å². The molecule has 0 radical (unpaired) electrons. The number of aromatic nitrogens is 2. The van der Waals surface area contributed by atoms with Crippen LogP contribution in [-0.4, -0.2) is 40.8 Å². The lowest BCUT2D eigenvalue weighted by molar-refractivity contribution is 0.288. The first kappa shape index (κ1) is 18.9. The smallest absolute Gasteiger partial charge is 0.159 e. The van der Waals surface area contributed by atoms with E-state index < -0.39 is 17.4 Å². The van der Waals surface area contributed by atoms with Gasteiger partial charge >= 0.3 is 0 Å². The van der Waals surface area contributed by atoms with Crippen LogP contribution in [0.3, 0.4) is 0 Å². The topological polar surface area (TPSA) is 70.5 Å². The third-order valence-corrected chi connectivity index (χ3v) is 5.86. The van der Waals surface area contributed by atoms with Crippen LogP contribution >= 0.6 is 11.6 Å². The minimum absolute atomic E-state index is 0.0538. The third kappa shape index (κ3) is 2.74. The van der Waals surface area contributed by atoms with Gasteiger partial charge < -0.3 is 20.1 Å². The highest BCUT2D eigenvalue weighted by atomic mass is 35.5. The molecule has 0 aliphatic carbocycles. The van der Waals surface area contributed by atoms with E-state index in [1.165, 1.54) is 18.5 Å². The van der Waals surface area contributed by atoms with Crippen molar-refractivity contribution in [2.45, 2.75) is 12.5 Å². The molecule has 9 heteroatoms. The first-order valence-electron chi connectivity index (χ1n) is 9.42. The van der Waals surface area contributed by atoms with E-state index in [0.717, 1.165) is 11.8 Å². The number of hydrogen-bond acceptors (Lipinski definition) is 6. The SMILES string of the molecule is C=C1CN2c3ncnc4c(F)c(-c5c(O)cccc5F)c(Cl)c(c34)OCC[C@@H]2CN1. The molecule has 0 bridgehead atoms. The molecule has 2 aliphatic rings. The summed E-state index contributed by atoms with van der Waals surface area (Å²) in [6, 6.07) is 3.79. The second kappa shape index (κ2) is 6.98. The third-order valence-electron chi connectivity index (χ3n) is 5.50. The molecular weight excluding hydrogens is 414 g/mol. The Morgan fingerprint density at radius 3 is 2.90 bits per heavy atom. The molecule has 2 aliphatic heterocycles. The van der Waals surface area contributed by atoms with Gasteiger partial charge in [-0.25, -0.2) is 18.7 Å². The maximum absolute atomic E-state index is 15.7. The Hall–Kier alpha value is -3.13. The lowest BCUT2D eigenvalue weighted by Gasteiger charge is -2.40. The fraction of sp³-hybridized carbons (Fsp3) is 0.238. The zero-order valence-electron chi connectivity index (χ0n) is 15.8. The number of aromatic hydroxyl groups is 1. The van der Waals surface area contributed by atoms with Gasteiger partial charge in [-0.2, -0.15) is 0 Å². The summed E-state index contributed by atoms with van der Waals surface area (Å²) in [5.74, 6) is -1.43. The average Bonchev–Trinajstić information content (AvgIpc) is 2.71. The number of phenolic OH excluding ortho intramolecular Hbond substituents is 1. The molecule has 1 atom stereocenters. The molecule has 0 spiro atoms. The summed E-state index contributed by atoms with van der Waals surface area (Å²) in [5, 5.41) is 13.6. The zero-order chi connectivity index (χ0) is 21.0. The summed E-state index contributed by atoms with van der Waals surface area (Å²) >= 11 is 6.56. The fourth-order valence-electron chi connectivity index (χ4n) is 4.09. The number of nitrogens with zero attached hydrogens (tertiary/aromatic N) is 3. The highest BCUT2D eigenvalue weighted by molar-refractivity contribution is 6.36. The van der Waals surface area contributed by atoms with Gasteiger partial charge in [0.05, 0.1) is 35.2 Å². The Morgan fingerprint density at radius 2 is 2.10 bits per heavy atom. The minimum atomic E-state index is -0.850. The van der Waals surface area contributed by atoms with Gasteiger partial charge in [0.1, 0.15) is 29.2 Å². The largest absolute Gasteiger partial charge is 0.507 e. The van der Waals surface area contributed by atoms with Crippen LogP contribution in [0.25, 0.3) is 22.0 Å². The maximum atomic E-state index is 15.7. The number of hydrogen-bond donors (Lipinski definition) is 2. The van der Waals surface area contributed by atoms with Crippen LogP contribution in [0.4, 0.5) is 14.6 Å². The highest BCUT2D eigenvalue weighted by Gasteiger charge is 2.33. The van der Waals surface area contributed by atoms with Crippen molar-refractivity contribution in [2.24, 2.45) is 0 Å². The van der Waals surface area contributed by atoms with Crippen molar-refractivity contribution in [3.05, 3.63) is 53.5 Å². The Kier molecular flexibility index (Phi) is 4.39. The number of ether oxygens (including phenoxy) is 1. The number of piperazine rings is 1. The normalized spacial score (nSPS) is 18.3. The monoisotopic (exact) mass is 430 g/mol. The Labute approximate surface area is 175 Å². The molecular formula is C21H17ClF2N4O2. The van der Waals surface area contributed by atoms with Crippen molar-refractivity contribution in [3.8, 4) is 22.6 Å². The van der Waals surface area contributed by atoms with Gasteiger partial charge in [0, 0.05) is 24.2 Å². The molecule has 2 N–H and O–H groups in total. The van der Waals surface area contributed by atoms with Crippen LogP contribution in [0.1, 0.15) is 6.42 Å². The number of fused-ring (bicyclic) bond motifs is 2. The Bertz CT molecular complexity index is 1180. The molecule has 0 unspecified atom stereocenters. The van der Waals surface area contributed by atoms with Gasteiger partial charge in [-0.1, -0.05) is 24.2 Å². The molecule has 2 aromatic carbocycles. The molecule has 154 valence electrons. The first-order valence-corrected chi connectivity index (χ1v) is 9.79. The van der Waals surface area contributed by atoms with Gasteiger partial charge in [-0.05, 0) is 12.1 Å². The van der Waals surface area contributed by atoms with E-state index in [1.807, 2.05) is 4.90 Å². The van der Waals surface area contributed by atoms with Crippen LogP contribution in [-0.2, 0) is 0 Å². The predicted molar refractivity (Wildman–Crippen MR) is 110 cm³/mol. The molecule has 1 aromatic heterocycles. The van der Waals surface area contributed by atoms with E-state index in [1.54, 1.807) is 0 Å². The second-order valence-corrected chi connectivity index (χ2v) is 7.67. The van der Waals surface area contributed by atoms with Crippen LogP contribution in [0.2, 0.25) is 5.02 Å². The van der Waals surface area contributed by atoms with E-state index in [4.69, 9.17) is 16.3 Å². The van der Waals surface area contributed by atoms with Gasteiger partial charge in [-0.3, -0.25) is 0 Å². The molecule has 3 aromatic rings. The molecule has 30 heavy (non-hydrogen) atoms. The van der Waals surface area contributed by atoms with Crippen molar-refractivity contribution in [1.29, 1.82) is 0 Å². The predicted octanol–water partition coefficient (Wildman–Crippen LogP) is 4.01. The van der Waals surface area contributed by atoms with Crippen LogP contribution in [0, 0.1) is 11.6 Å². The Morgan fingerprint density at radius 1 is 1.27 bits per heavy atom. The van der Waals surface area contributed by atoms with E-state index >= 15 is 4.39 Å². The van der Waals surface area contributed by atoms with E-state index in [0.29, 0.717) is 37.3 Å². The average molecular weight is 431 g/mol. The van der Waals surface area contributed by atoms with Gasteiger partial charge in [-0.15, -0.1) is 0 Å². The van der Waals surface area contributed by atoms with Gasteiger partial charge in [0.2, 0.25) is 0 Å². The summed E-state index contributed by atoms with van der Waals surface area (Å²) in [7, 11) is 0. The van der Waals surface area contributed by atoms with Gasteiger partial charge in [0.15, 0.2) is 11.6 Å². The van der Waals surface area contributed by atoms with Crippen molar-refractivity contribution < 1.29 is 18.6 Å². The Balaban J connectivity index is 1.85. The standard InChI is InChI=1S/C21H17ClF2N4O2/c1-10-8-28-11(7-25-10)5-6-30-20-16-19(26-9-27-21(16)28)18(24)15(17(20)22)14-12(23)3-2-4-13(14)29/h2-4,9,11,25,29H,1,5-8H2/t11-/m1/s1. The van der Waals surface area contributed by atoms with Crippen LogP contribution in [0.15, 0.2) is 36.8 Å². The number of nitrogens with one attached hydrogen (secondary N) is 1. The van der Waals surface area contributed by atoms with Crippen LogP contribution in [0.5, 0.6) is 11.5 Å². The molecule has 3 heterocycles. The van der Waals surface area contributed by atoms with E-state index in [2.05, 4.69) is 21.9 Å². The van der Waals surface area contributed by atoms with E-state index in [-0.39, 0.29) is 33.5 Å². The van der Waals surface area contributed by atoms with Crippen molar-refractivity contribution in [3.63, 3.8) is 0 Å². The molecule has 0 amide bonds. The van der Waals surface area contributed by atoms with E-state index in [9.17, 15) is 9.50 Å². The zero-order valence-corrected chi connectivity index (χ0v) is 16.5.